The maximum Gasteiger partial charge on any atom is 0.128 e. The molecule has 1 atom stereocenters. The van der Waals surface area contributed by atoms with E-state index in [9.17, 15) is 4.39 Å². The number of aliphatic imine (C=N–C) groups is 1. The van der Waals surface area contributed by atoms with E-state index in [0.29, 0.717) is 11.4 Å². The van der Waals surface area contributed by atoms with Gasteiger partial charge in [0.1, 0.15) is 11.7 Å². The monoisotopic (exact) mass is 360 g/mol. The van der Waals surface area contributed by atoms with Crippen LogP contribution in [0.15, 0.2) is 72.4 Å². The van der Waals surface area contributed by atoms with Crippen LogP contribution in [0.2, 0.25) is 0 Å². The Kier molecular flexibility index (Phi) is 4.33. The first-order chi connectivity index (χ1) is 13.1. The van der Waals surface area contributed by atoms with Crippen LogP contribution in [0.3, 0.4) is 0 Å². The van der Waals surface area contributed by atoms with Gasteiger partial charge in [-0.2, -0.15) is 5.10 Å². The van der Waals surface area contributed by atoms with Crippen LogP contribution < -0.4 is 5.73 Å². The highest BCUT2D eigenvalue weighted by Crippen LogP contribution is 2.22. The number of halogens is 1. The quantitative estimate of drug-likeness (QED) is 0.446. The third kappa shape index (κ3) is 3.27. The number of aromatic nitrogens is 4. The molecular formula is C20H17FN6. The second kappa shape index (κ2) is 6.95. The summed E-state index contributed by atoms with van der Waals surface area (Å²) in [6.07, 6.45) is 8.58. The summed E-state index contributed by atoms with van der Waals surface area (Å²) in [6.45, 7) is 1.96. The minimum atomic E-state index is -0.296. The summed E-state index contributed by atoms with van der Waals surface area (Å²) >= 11 is 0. The van der Waals surface area contributed by atoms with E-state index in [-0.39, 0.29) is 11.9 Å². The minimum Gasteiger partial charge on any atom is -0.383 e. The van der Waals surface area contributed by atoms with Gasteiger partial charge < -0.3 is 5.73 Å². The predicted octanol–water partition coefficient (Wildman–Crippen LogP) is 3.42. The molecule has 0 spiro atoms. The van der Waals surface area contributed by atoms with Gasteiger partial charge in [-0.15, -0.1) is 0 Å². The van der Waals surface area contributed by atoms with Gasteiger partial charge in [0.15, 0.2) is 0 Å². The molecule has 0 bridgehead atoms. The van der Waals surface area contributed by atoms with Gasteiger partial charge >= 0.3 is 0 Å². The van der Waals surface area contributed by atoms with Crippen molar-refractivity contribution in [3.8, 4) is 5.69 Å². The molecule has 4 rings (SSSR count). The molecule has 0 amide bonds. The smallest absolute Gasteiger partial charge is 0.128 e. The van der Waals surface area contributed by atoms with E-state index >= 15 is 0 Å². The van der Waals surface area contributed by atoms with Crippen molar-refractivity contribution in [1.29, 1.82) is 0 Å². The van der Waals surface area contributed by atoms with Crippen LogP contribution in [0.1, 0.15) is 24.1 Å². The molecule has 7 heteroatoms. The fourth-order valence-electron chi connectivity index (χ4n) is 2.91. The maximum atomic E-state index is 13.2. The van der Waals surface area contributed by atoms with Gasteiger partial charge in [-0.05, 0) is 42.8 Å². The number of fused-ring (bicyclic) bond motifs is 1. The van der Waals surface area contributed by atoms with Crippen molar-refractivity contribution in [1.82, 2.24) is 19.7 Å². The average Bonchev–Trinajstić information content (AvgIpc) is 3.13. The molecule has 6 nitrogen and oxygen atoms in total. The van der Waals surface area contributed by atoms with Gasteiger partial charge in [0, 0.05) is 29.5 Å². The Balaban J connectivity index is 1.74. The van der Waals surface area contributed by atoms with E-state index in [4.69, 9.17) is 5.73 Å². The highest BCUT2D eigenvalue weighted by molar-refractivity contribution is 6.08. The molecule has 1 aromatic carbocycles. The molecule has 4 aromatic rings. The predicted molar refractivity (Wildman–Crippen MR) is 102 cm³/mol. The lowest BCUT2D eigenvalue weighted by Crippen LogP contribution is -2.15. The number of benzene rings is 1. The Morgan fingerprint density at radius 2 is 1.89 bits per heavy atom. The zero-order chi connectivity index (χ0) is 18.8. The number of hydrogen-bond donors (Lipinski definition) is 1. The van der Waals surface area contributed by atoms with Gasteiger partial charge in [-0.1, -0.05) is 6.07 Å². The molecular weight excluding hydrogens is 343 g/mol. The Bertz CT molecular complexity index is 1100. The second-order valence-corrected chi connectivity index (χ2v) is 6.13. The second-order valence-electron chi connectivity index (χ2n) is 6.13. The molecule has 3 aromatic heterocycles. The molecule has 134 valence electrons. The topological polar surface area (TPSA) is 82.0 Å². The van der Waals surface area contributed by atoms with Gasteiger partial charge in [0.05, 0.1) is 29.6 Å². The van der Waals surface area contributed by atoms with E-state index in [1.165, 1.54) is 12.1 Å². The number of nitrogens with zero attached hydrogens (tertiary/aromatic N) is 5. The van der Waals surface area contributed by atoms with Crippen LogP contribution in [0, 0.1) is 5.82 Å². The van der Waals surface area contributed by atoms with Gasteiger partial charge in [-0.3, -0.25) is 15.0 Å². The van der Waals surface area contributed by atoms with Gasteiger partial charge in [0.2, 0.25) is 0 Å². The van der Waals surface area contributed by atoms with Crippen LogP contribution >= 0.6 is 0 Å². The van der Waals surface area contributed by atoms with Crippen LogP contribution in [0.5, 0.6) is 0 Å². The Hall–Kier alpha value is -3.61. The molecule has 27 heavy (non-hydrogen) atoms. The standard InChI is InChI=1S/C20H17FN6/c1-13(14-3-2-8-23-9-14)26-20(22)18-10-24-12-19-17(18)11-25-27(19)16-6-4-15(21)5-7-16/h2-13H,1H3,(H2,22,26)/t13-/m0/s1. The first kappa shape index (κ1) is 16.8. The fourth-order valence-corrected chi connectivity index (χ4v) is 2.91. The van der Waals surface area contributed by atoms with Crippen LogP contribution in [0.4, 0.5) is 4.39 Å². The lowest BCUT2D eigenvalue weighted by atomic mass is 10.1. The van der Waals surface area contributed by atoms with Crippen molar-refractivity contribution in [2.24, 2.45) is 10.7 Å². The number of rotatable bonds is 4. The SMILES string of the molecule is C[C@H](N=C(N)c1cncc2c1cnn2-c1ccc(F)cc1)c1cccnc1. The summed E-state index contributed by atoms with van der Waals surface area (Å²) < 4.78 is 14.9. The van der Waals surface area contributed by atoms with Gasteiger partial charge in [0.25, 0.3) is 0 Å². The summed E-state index contributed by atoms with van der Waals surface area (Å²) in [5.41, 5.74) is 9.46. The highest BCUT2D eigenvalue weighted by Gasteiger charge is 2.13. The van der Waals surface area contributed by atoms with Crippen molar-refractivity contribution in [2.75, 3.05) is 0 Å². The Morgan fingerprint density at radius 3 is 2.63 bits per heavy atom. The fraction of sp³-hybridized carbons (Fsp3) is 0.100. The molecule has 0 aliphatic heterocycles. The summed E-state index contributed by atoms with van der Waals surface area (Å²) in [4.78, 5) is 13.0. The largest absolute Gasteiger partial charge is 0.383 e. The molecule has 0 fully saturated rings. The van der Waals surface area contributed by atoms with Crippen molar-refractivity contribution >= 4 is 16.7 Å². The van der Waals surface area contributed by atoms with Crippen LogP contribution in [-0.2, 0) is 0 Å². The highest BCUT2D eigenvalue weighted by atomic mass is 19.1. The lowest BCUT2D eigenvalue weighted by molar-refractivity contribution is 0.627. The van der Waals surface area contributed by atoms with Crippen LogP contribution in [-0.4, -0.2) is 25.6 Å². The van der Waals surface area contributed by atoms with E-state index in [1.54, 1.807) is 47.8 Å². The minimum absolute atomic E-state index is 0.138. The first-order valence-corrected chi connectivity index (χ1v) is 8.45. The third-order valence-electron chi connectivity index (χ3n) is 4.34. The molecule has 0 saturated heterocycles. The first-order valence-electron chi connectivity index (χ1n) is 8.45. The number of nitrogens with two attached hydrogens (primary N) is 1. The number of pyridine rings is 2. The van der Waals surface area contributed by atoms with Gasteiger partial charge in [-0.25, -0.2) is 9.07 Å². The third-order valence-corrected chi connectivity index (χ3v) is 4.34. The Labute approximate surface area is 155 Å². The summed E-state index contributed by atoms with van der Waals surface area (Å²) in [6, 6.07) is 9.80. The number of hydrogen-bond acceptors (Lipinski definition) is 4. The van der Waals surface area contributed by atoms with E-state index < -0.39 is 0 Å². The molecule has 0 unspecified atom stereocenters. The maximum absolute atomic E-state index is 13.2. The summed E-state index contributed by atoms with van der Waals surface area (Å²) in [5, 5.41) is 5.24. The molecule has 0 radical (unpaired) electrons. The zero-order valence-electron chi connectivity index (χ0n) is 14.6. The van der Waals surface area contributed by atoms with Crippen molar-refractivity contribution in [3.63, 3.8) is 0 Å². The van der Waals surface area contributed by atoms with Crippen molar-refractivity contribution in [3.05, 3.63) is 84.3 Å². The normalized spacial score (nSPS) is 13.0. The summed E-state index contributed by atoms with van der Waals surface area (Å²) in [5.74, 6) is 0.0814. The van der Waals surface area contributed by atoms with Crippen molar-refractivity contribution in [2.45, 2.75) is 13.0 Å². The molecule has 0 aliphatic rings. The summed E-state index contributed by atoms with van der Waals surface area (Å²) in [7, 11) is 0. The van der Waals surface area contributed by atoms with E-state index in [1.807, 2.05) is 19.1 Å². The van der Waals surface area contributed by atoms with Crippen molar-refractivity contribution < 1.29 is 4.39 Å². The Morgan fingerprint density at radius 1 is 1.07 bits per heavy atom. The number of amidine groups is 1. The molecule has 0 aliphatic carbocycles. The van der Waals surface area contributed by atoms with E-state index in [0.717, 1.165) is 22.2 Å². The molecule has 0 saturated carbocycles. The lowest BCUT2D eigenvalue weighted by Gasteiger charge is -2.09. The zero-order valence-corrected chi connectivity index (χ0v) is 14.6. The van der Waals surface area contributed by atoms with Crippen LogP contribution in [0.25, 0.3) is 16.6 Å². The molecule has 3 heterocycles. The average molecular weight is 360 g/mol. The van der Waals surface area contributed by atoms with E-state index in [2.05, 4.69) is 20.1 Å². The molecule has 2 N–H and O–H groups in total.